The third kappa shape index (κ3) is 2090. The zero-order chi connectivity index (χ0) is 5.41. The summed E-state index contributed by atoms with van der Waals surface area (Å²) >= 11 is 0. The Hall–Kier alpha value is -0.200. The zero-order valence-corrected chi connectivity index (χ0v) is 5.61. The molecule has 0 aromatic heterocycles. The molecule has 0 saturated carbocycles. The molecule has 0 aliphatic carbocycles. The molecule has 0 rings (SSSR count). The number of nitrogens with zero attached hydrogens (tertiary/aromatic N) is 2. The predicted octanol–water partition coefficient (Wildman–Crippen LogP) is -2.60. The van der Waals surface area contributed by atoms with Crippen molar-refractivity contribution < 1.29 is 41.4 Å². The summed E-state index contributed by atoms with van der Waals surface area (Å²) in [5.74, 6) is 0. The molecule has 0 saturated heterocycles. The smallest absolute Gasteiger partial charge is 1.00 e. The van der Waals surface area contributed by atoms with Crippen molar-refractivity contribution in [3.8, 4) is 0 Å². The molecule has 0 radical (unpaired) electrons. The van der Waals surface area contributed by atoms with Crippen LogP contribution in [0.5, 0.6) is 0 Å². The van der Waals surface area contributed by atoms with Crippen molar-refractivity contribution in [3.63, 3.8) is 0 Å². The number of hydrogen-bond acceptors (Lipinski definition) is 4. The van der Waals surface area contributed by atoms with E-state index >= 15 is 0 Å². The van der Waals surface area contributed by atoms with Gasteiger partial charge in [-0.15, -0.1) is 9.81 Å². The Bertz CT molecular complexity index is 35.0. The summed E-state index contributed by atoms with van der Waals surface area (Å²) in [7, 11) is 0. The molecule has 0 unspecified atom stereocenters. The fraction of sp³-hybridized carbons (Fsp3) is 0. The van der Waals surface area contributed by atoms with Gasteiger partial charge in [0.2, 0.25) is 0 Å². The normalized spacial score (nSPS) is 3.43. The maximum atomic E-state index is 8.11. The number of rotatable bonds is 0. The molecule has 7 heavy (non-hydrogen) atoms. The maximum absolute atomic E-state index is 8.11. The van der Waals surface area contributed by atoms with Crippen LogP contribution in [0.1, 0.15) is 1.43 Å². The van der Waals surface area contributed by atoms with Gasteiger partial charge in [0.05, 0.1) is 0 Å². The van der Waals surface area contributed by atoms with E-state index in [2.05, 4.69) is 0 Å². The van der Waals surface area contributed by atoms with E-state index in [1.807, 2.05) is 0 Å². The van der Waals surface area contributed by atoms with Gasteiger partial charge in [-0.25, -0.2) is 0 Å². The van der Waals surface area contributed by atoms with E-state index in [0.29, 0.717) is 0 Å². The quantitative estimate of drug-likeness (QED) is 0.207. The Morgan fingerprint density at radius 2 is 1.14 bits per heavy atom. The van der Waals surface area contributed by atoms with Crippen molar-refractivity contribution in [2.45, 2.75) is 0 Å². The minimum atomic E-state index is 0. The van der Waals surface area contributed by atoms with Crippen LogP contribution >= 0.6 is 0 Å². The fourth-order valence-corrected chi connectivity index (χ4v) is 0. The summed E-state index contributed by atoms with van der Waals surface area (Å²) in [6, 6.07) is 0. The van der Waals surface area contributed by atoms with Gasteiger partial charge in [0.15, 0.2) is 10.7 Å². The average molecular weight is 118 g/mol. The molecule has 7 heteroatoms. The standard InChI is InChI=1S/2HNO2.Na.H/c2*2-1-3;;/h2*(H,2,3);;/q;;+1;-1. The first-order chi connectivity index (χ1) is 2.83. The Morgan fingerprint density at radius 1 is 1.14 bits per heavy atom. The van der Waals surface area contributed by atoms with Crippen molar-refractivity contribution in [2.75, 3.05) is 0 Å². The average Bonchev–Trinajstić information content (AvgIpc) is 1.39. The van der Waals surface area contributed by atoms with Crippen LogP contribution in [0.3, 0.4) is 0 Å². The second-order valence-corrected chi connectivity index (χ2v) is 0.163. The Kier molecular flexibility index (Phi) is 93.3. The third-order valence-corrected chi connectivity index (χ3v) is 0. The molecule has 6 nitrogen and oxygen atoms in total. The fourth-order valence-electron chi connectivity index (χ4n) is 0. The van der Waals surface area contributed by atoms with Crippen molar-refractivity contribution in [1.29, 1.82) is 0 Å². The Balaban J connectivity index is -0.0000000160. The monoisotopic (exact) mass is 118 g/mol. The van der Waals surface area contributed by atoms with E-state index in [0.717, 1.165) is 0 Å². The van der Waals surface area contributed by atoms with E-state index in [-0.39, 0.29) is 31.0 Å². The van der Waals surface area contributed by atoms with Crippen LogP contribution in [0, 0.1) is 9.81 Å². The first kappa shape index (κ1) is 15.8. The van der Waals surface area contributed by atoms with Gasteiger partial charge in [0, 0.05) is 0 Å². The van der Waals surface area contributed by atoms with Crippen LogP contribution in [0.25, 0.3) is 0 Å². The summed E-state index contributed by atoms with van der Waals surface area (Å²) in [6.45, 7) is 0. The second kappa shape index (κ2) is 41.2. The minimum Gasteiger partial charge on any atom is -1.00 e. The number of hydrogen-bond donors (Lipinski definition) is 2. The molecule has 0 heterocycles. The molecule has 0 aliphatic heterocycles. The van der Waals surface area contributed by atoms with Crippen LogP contribution in [0.15, 0.2) is 10.7 Å². The summed E-state index contributed by atoms with van der Waals surface area (Å²) in [5.41, 5.74) is 0. The first-order valence-corrected chi connectivity index (χ1v) is 0.765. The van der Waals surface area contributed by atoms with E-state index < -0.39 is 0 Å². The van der Waals surface area contributed by atoms with Crippen LogP contribution in [-0.4, -0.2) is 10.4 Å². The van der Waals surface area contributed by atoms with Crippen LogP contribution in [0.4, 0.5) is 0 Å². The van der Waals surface area contributed by atoms with Crippen molar-refractivity contribution in [3.05, 3.63) is 9.81 Å². The molecule has 0 spiro atoms. The van der Waals surface area contributed by atoms with E-state index in [1.54, 1.807) is 0 Å². The summed E-state index contributed by atoms with van der Waals surface area (Å²) < 4.78 is 0. The molecule has 0 amide bonds. The van der Waals surface area contributed by atoms with Gasteiger partial charge < -0.3 is 11.8 Å². The molecular weight excluding hydrogens is 115 g/mol. The zero-order valence-electron chi connectivity index (χ0n) is 4.61. The summed E-state index contributed by atoms with van der Waals surface area (Å²) in [6.07, 6.45) is 0. The van der Waals surface area contributed by atoms with Crippen molar-refractivity contribution >= 4 is 0 Å². The molecule has 0 aliphatic rings. The van der Waals surface area contributed by atoms with E-state index in [1.165, 1.54) is 10.7 Å². The third-order valence-electron chi connectivity index (χ3n) is 0. The molecule has 38 valence electrons. The molecule has 0 aromatic carbocycles. The topological polar surface area (TPSA) is 99.3 Å². The van der Waals surface area contributed by atoms with Gasteiger partial charge >= 0.3 is 29.6 Å². The summed E-state index contributed by atoms with van der Waals surface area (Å²) in [4.78, 5) is 16.2. The van der Waals surface area contributed by atoms with Gasteiger partial charge in [0.1, 0.15) is 0 Å². The Labute approximate surface area is 62.2 Å². The van der Waals surface area contributed by atoms with Crippen LogP contribution in [-0.2, 0) is 0 Å². The molecule has 0 bridgehead atoms. The minimum absolute atomic E-state index is 0. The van der Waals surface area contributed by atoms with Gasteiger partial charge in [-0.2, -0.15) is 0 Å². The van der Waals surface area contributed by atoms with Gasteiger partial charge in [-0.1, -0.05) is 0 Å². The maximum Gasteiger partial charge on any atom is 1.00 e. The van der Waals surface area contributed by atoms with Crippen LogP contribution in [0.2, 0.25) is 0 Å². The van der Waals surface area contributed by atoms with E-state index in [4.69, 9.17) is 20.2 Å². The van der Waals surface area contributed by atoms with Gasteiger partial charge in [-0.3, -0.25) is 0 Å². The first-order valence-electron chi connectivity index (χ1n) is 0.765. The predicted molar refractivity (Wildman–Crippen MR) is 16.3 cm³/mol. The summed E-state index contributed by atoms with van der Waals surface area (Å²) in [5, 5.41) is 15.8. The SMILES string of the molecule is O=NO.O=NO.[H-].[Na+]. The Morgan fingerprint density at radius 3 is 1.14 bits per heavy atom. The van der Waals surface area contributed by atoms with Gasteiger partial charge in [-0.05, 0) is 0 Å². The molecule has 0 atom stereocenters. The van der Waals surface area contributed by atoms with Gasteiger partial charge in [0.25, 0.3) is 0 Å². The van der Waals surface area contributed by atoms with Crippen LogP contribution < -0.4 is 29.6 Å². The molecule has 2 N–H and O–H groups in total. The van der Waals surface area contributed by atoms with Crippen molar-refractivity contribution in [1.82, 2.24) is 0 Å². The molecule has 0 fully saturated rings. The molecule has 0 aromatic rings. The second-order valence-electron chi connectivity index (χ2n) is 0.163. The van der Waals surface area contributed by atoms with Crippen molar-refractivity contribution in [2.24, 2.45) is 10.7 Å². The molecular formula is H3N2NaO4. The largest absolute Gasteiger partial charge is 1.00 e. The van der Waals surface area contributed by atoms with E-state index in [9.17, 15) is 0 Å².